The molecule has 24 heavy (non-hydrogen) atoms. The van der Waals surface area contributed by atoms with Gasteiger partial charge in [-0.05, 0) is 26.0 Å². The van der Waals surface area contributed by atoms with Crippen molar-refractivity contribution in [3.05, 3.63) is 45.8 Å². The van der Waals surface area contributed by atoms with Crippen molar-refractivity contribution in [3.8, 4) is 0 Å². The van der Waals surface area contributed by atoms with Crippen LogP contribution in [0.5, 0.6) is 0 Å². The van der Waals surface area contributed by atoms with Gasteiger partial charge in [-0.15, -0.1) is 0 Å². The number of hydrogen-bond donors (Lipinski definition) is 2. The Hall–Kier alpha value is -2.38. The fourth-order valence-corrected chi connectivity index (χ4v) is 2.15. The van der Waals surface area contributed by atoms with Crippen molar-refractivity contribution in [3.63, 3.8) is 0 Å². The van der Waals surface area contributed by atoms with Crippen LogP contribution < -0.4 is 5.32 Å². The lowest BCUT2D eigenvalue weighted by Gasteiger charge is -2.13. The summed E-state index contributed by atoms with van der Waals surface area (Å²) in [6, 6.07) is 2.78. The molecule has 2 aromatic heterocycles. The first-order valence-electron chi connectivity index (χ1n) is 6.80. The minimum atomic E-state index is -1.10. The SMILES string of the molecule is CC(=O)c1c[nH]c(C(=O)O[C@@H](C)C(=O)Nc2ncc(Cl)cc2Cl)c1. The molecule has 0 saturated carbocycles. The Morgan fingerprint density at radius 1 is 1.29 bits per heavy atom. The van der Waals surface area contributed by atoms with Crippen molar-refractivity contribution in [2.24, 2.45) is 0 Å². The highest BCUT2D eigenvalue weighted by Gasteiger charge is 2.21. The van der Waals surface area contributed by atoms with Gasteiger partial charge in [-0.1, -0.05) is 23.2 Å². The normalized spacial score (nSPS) is 11.7. The number of ether oxygens (including phenoxy) is 1. The molecule has 126 valence electrons. The molecular weight excluding hydrogens is 357 g/mol. The third kappa shape index (κ3) is 4.33. The second kappa shape index (κ2) is 7.46. The van der Waals surface area contributed by atoms with E-state index in [0.717, 1.165) is 0 Å². The van der Waals surface area contributed by atoms with Gasteiger partial charge in [-0.2, -0.15) is 0 Å². The predicted molar refractivity (Wildman–Crippen MR) is 88.6 cm³/mol. The van der Waals surface area contributed by atoms with Crippen molar-refractivity contribution >= 4 is 46.7 Å². The second-order valence-corrected chi connectivity index (χ2v) is 5.72. The lowest BCUT2D eigenvalue weighted by atomic mass is 10.2. The van der Waals surface area contributed by atoms with E-state index >= 15 is 0 Å². The monoisotopic (exact) mass is 369 g/mol. The first-order valence-corrected chi connectivity index (χ1v) is 7.55. The van der Waals surface area contributed by atoms with Gasteiger partial charge in [0.05, 0.1) is 10.0 Å². The van der Waals surface area contributed by atoms with Gasteiger partial charge in [0.15, 0.2) is 17.7 Å². The second-order valence-electron chi connectivity index (χ2n) is 4.88. The Kier molecular flexibility index (Phi) is 5.58. The van der Waals surface area contributed by atoms with Crippen LogP contribution in [0.15, 0.2) is 24.5 Å². The van der Waals surface area contributed by atoms with Crippen LogP contribution in [0.1, 0.15) is 34.7 Å². The lowest BCUT2D eigenvalue weighted by molar-refractivity contribution is -0.123. The fourth-order valence-electron chi connectivity index (χ4n) is 1.72. The number of amides is 1. The third-order valence-corrected chi connectivity index (χ3v) is 3.51. The molecule has 2 aromatic rings. The minimum absolute atomic E-state index is 0.0718. The summed E-state index contributed by atoms with van der Waals surface area (Å²) in [7, 11) is 0. The van der Waals surface area contributed by atoms with Crippen molar-refractivity contribution in [2.45, 2.75) is 20.0 Å². The summed E-state index contributed by atoms with van der Waals surface area (Å²) in [6.45, 7) is 2.77. The standard InChI is InChI=1S/C15H13Cl2N3O4/c1-7(21)9-3-12(18-5-9)15(23)24-8(2)14(22)20-13-11(17)4-10(16)6-19-13/h3-6,8,18H,1-2H3,(H,19,20,22)/t8-/m0/s1. The smallest absolute Gasteiger partial charge is 0.355 e. The summed E-state index contributed by atoms with van der Waals surface area (Å²) < 4.78 is 5.04. The number of H-pyrrole nitrogens is 1. The molecular formula is C15H13Cl2N3O4. The van der Waals surface area contributed by atoms with Crippen molar-refractivity contribution in [2.75, 3.05) is 5.32 Å². The zero-order chi connectivity index (χ0) is 17.9. The molecule has 9 heteroatoms. The minimum Gasteiger partial charge on any atom is -0.448 e. The summed E-state index contributed by atoms with van der Waals surface area (Å²) >= 11 is 11.6. The number of halogens is 2. The Morgan fingerprint density at radius 2 is 2.00 bits per heavy atom. The van der Waals surface area contributed by atoms with Gasteiger partial charge in [0, 0.05) is 18.0 Å². The Labute approximate surface area is 147 Å². The molecule has 0 aliphatic heterocycles. The molecule has 1 atom stereocenters. The molecule has 0 spiro atoms. The molecule has 0 bridgehead atoms. The lowest BCUT2D eigenvalue weighted by Crippen LogP contribution is -2.30. The molecule has 2 rings (SSSR count). The molecule has 2 N–H and O–H groups in total. The zero-order valence-corrected chi connectivity index (χ0v) is 14.2. The summed E-state index contributed by atoms with van der Waals surface area (Å²) in [5.41, 5.74) is 0.415. The van der Waals surface area contributed by atoms with Crippen LogP contribution >= 0.6 is 23.2 Å². The number of esters is 1. The van der Waals surface area contributed by atoms with E-state index < -0.39 is 18.0 Å². The van der Waals surface area contributed by atoms with Crippen LogP contribution in [0.25, 0.3) is 0 Å². The number of aromatic nitrogens is 2. The molecule has 0 fully saturated rings. The van der Waals surface area contributed by atoms with E-state index in [-0.39, 0.29) is 22.3 Å². The predicted octanol–water partition coefficient (Wildman–Crippen LogP) is 3.10. The molecule has 0 aliphatic rings. The number of hydrogen-bond acceptors (Lipinski definition) is 5. The number of pyridine rings is 1. The van der Waals surface area contributed by atoms with Crippen LogP contribution in [-0.2, 0) is 9.53 Å². The van der Waals surface area contributed by atoms with E-state index in [1.807, 2.05) is 0 Å². The van der Waals surface area contributed by atoms with Crippen molar-refractivity contribution < 1.29 is 19.1 Å². The summed E-state index contributed by atoms with van der Waals surface area (Å²) in [5.74, 6) is -1.47. The highest BCUT2D eigenvalue weighted by molar-refractivity contribution is 6.36. The van der Waals surface area contributed by atoms with E-state index in [4.69, 9.17) is 27.9 Å². The molecule has 1 amide bonds. The third-order valence-electron chi connectivity index (χ3n) is 3.01. The molecule has 0 aromatic carbocycles. The van der Waals surface area contributed by atoms with Gasteiger partial charge in [-0.25, -0.2) is 9.78 Å². The maximum Gasteiger partial charge on any atom is 0.355 e. The average Bonchev–Trinajstić information content (AvgIpc) is 3.00. The quantitative estimate of drug-likeness (QED) is 0.622. The number of carbonyl (C=O) groups excluding carboxylic acids is 3. The maximum atomic E-state index is 12.0. The van der Waals surface area contributed by atoms with E-state index in [9.17, 15) is 14.4 Å². The van der Waals surface area contributed by atoms with Gasteiger partial charge >= 0.3 is 5.97 Å². The van der Waals surface area contributed by atoms with Crippen molar-refractivity contribution in [1.29, 1.82) is 0 Å². The number of aromatic amines is 1. The maximum absolute atomic E-state index is 12.0. The number of rotatable bonds is 5. The molecule has 0 saturated heterocycles. The summed E-state index contributed by atoms with van der Waals surface area (Å²) in [6.07, 6.45) is 1.61. The number of carbonyl (C=O) groups is 3. The number of ketones is 1. The Balaban J connectivity index is 2.00. The van der Waals surface area contributed by atoms with Crippen LogP contribution in [0.4, 0.5) is 5.82 Å². The van der Waals surface area contributed by atoms with Gasteiger partial charge in [-0.3, -0.25) is 9.59 Å². The first-order chi connectivity index (χ1) is 11.3. The van der Waals surface area contributed by atoms with Gasteiger partial charge in [0.2, 0.25) is 0 Å². The topological polar surface area (TPSA) is 101 Å². The van der Waals surface area contributed by atoms with E-state index in [1.54, 1.807) is 0 Å². The Bertz CT molecular complexity index is 804. The zero-order valence-electron chi connectivity index (χ0n) is 12.7. The van der Waals surface area contributed by atoms with E-state index in [0.29, 0.717) is 10.6 Å². The van der Waals surface area contributed by atoms with Crippen molar-refractivity contribution in [1.82, 2.24) is 9.97 Å². The average molecular weight is 370 g/mol. The van der Waals surface area contributed by atoms with Crippen LogP contribution in [-0.4, -0.2) is 33.7 Å². The Morgan fingerprint density at radius 3 is 2.58 bits per heavy atom. The first kappa shape index (κ1) is 18.0. The van der Waals surface area contributed by atoms with Crippen LogP contribution in [0.2, 0.25) is 10.0 Å². The number of Topliss-reactive ketones (excluding diaryl/α,β-unsaturated/α-hetero) is 1. The largest absolute Gasteiger partial charge is 0.448 e. The number of anilines is 1. The number of nitrogens with zero attached hydrogens (tertiary/aromatic N) is 1. The molecule has 2 heterocycles. The highest BCUT2D eigenvalue weighted by Crippen LogP contribution is 2.22. The molecule has 0 unspecified atom stereocenters. The summed E-state index contributed by atoms with van der Waals surface area (Å²) in [4.78, 5) is 41.7. The van der Waals surface area contributed by atoms with Gasteiger partial charge < -0.3 is 15.0 Å². The fraction of sp³-hybridized carbons (Fsp3) is 0.200. The molecule has 0 aliphatic carbocycles. The van der Waals surface area contributed by atoms with Crippen LogP contribution in [0, 0.1) is 0 Å². The van der Waals surface area contributed by atoms with Gasteiger partial charge in [0.25, 0.3) is 5.91 Å². The van der Waals surface area contributed by atoms with Gasteiger partial charge in [0.1, 0.15) is 5.69 Å². The van der Waals surface area contributed by atoms with Crippen LogP contribution in [0.3, 0.4) is 0 Å². The highest BCUT2D eigenvalue weighted by atomic mass is 35.5. The summed E-state index contributed by atoms with van der Waals surface area (Å²) in [5, 5.41) is 2.92. The van der Waals surface area contributed by atoms with E-state index in [2.05, 4.69) is 15.3 Å². The molecule has 7 nitrogen and oxygen atoms in total. The van der Waals surface area contributed by atoms with E-state index in [1.165, 1.54) is 38.4 Å². The molecule has 0 radical (unpaired) electrons. The number of nitrogens with one attached hydrogen (secondary N) is 2.